The Morgan fingerprint density at radius 1 is 1.16 bits per heavy atom. The van der Waals surface area contributed by atoms with E-state index in [1.165, 1.54) is 6.08 Å². The third kappa shape index (κ3) is 8.80. The van der Waals surface area contributed by atoms with Crippen LogP contribution in [0.4, 0.5) is 0 Å². The molecule has 1 aliphatic rings. The second kappa shape index (κ2) is 14.1. The number of primary amides is 1. The van der Waals surface area contributed by atoms with E-state index in [0.717, 1.165) is 37.2 Å². The topological polar surface area (TPSA) is 110 Å². The van der Waals surface area contributed by atoms with E-state index in [1.54, 1.807) is 49.6 Å². The molecule has 0 spiro atoms. The fraction of sp³-hybridized carbons (Fsp3) is 0.321. The number of nitrogens with one attached hydrogen (secondary N) is 1. The maximum atomic E-state index is 13.0. The van der Waals surface area contributed by atoms with Gasteiger partial charge in [0.15, 0.2) is 0 Å². The molecule has 0 bridgehead atoms. The van der Waals surface area contributed by atoms with E-state index < -0.39 is 26.7 Å². The number of sulfonamides is 1. The Labute approximate surface area is 223 Å². The van der Waals surface area contributed by atoms with Crippen LogP contribution in [0.5, 0.6) is 0 Å². The van der Waals surface area contributed by atoms with Crippen LogP contribution >= 0.6 is 0 Å². The van der Waals surface area contributed by atoms with Crippen LogP contribution in [0.2, 0.25) is 0 Å². The molecule has 7 nitrogen and oxygen atoms in total. The van der Waals surface area contributed by atoms with Gasteiger partial charge in [-0.2, -0.15) is 0 Å². The van der Waals surface area contributed by atoms with Crippen molar-refractivity contribution in [1.82, 2.24) is 9.62 Å². The molecule has 0 aliphatic carbocycles. The highest BCUT2D eigenvalue weighted by molar-refractivity contribution is 7.89. The number of piperidine rings is 1. The minimum Gasteiger partial charge on any atom is -0.376 e. The Balaban J connectivity index is 0.000000521. The van der Waals surface area contributed by atoms with Crippen LogP contribution in [-0.2, 0) is 25.6 Å². The molecule has 1 aliphatic heterocycles. The highest BCUT2D eigenvalue weighted by Gasteiger charge is 2.23. The molecule has 0 aromatic heterocycles. The molecule has 0 radical (unpaired) electrons. The zero-order valence-electron chi connectivity index (χ0n) is 21.8. The summed E-state index contributed by atoms with van der Waals surface area (Å²) in [7, 11) is -4.70. The molecule has 1 saturated heterocycles. The lowest BCUT2D eigenvalue weighted by molar-refractivity contribution is -0.114. The van der Waals surface area contributed by atoms with Gasteiger partial charge in [-0.05, 0) is 56.4 Å². The Hall–Kier alpha value is -3.01. The van der Waals surface area contributed by atoms with Crippen LogP contribution in [-0.4, -0.2) is 49.3 Å². The Morgan fingerprint density at radius 2 is 1.76 bits per heavy atom. The molecule has 2 aromatic rings. The van der Waals surface area contributed by atoms with Gasteiger partial charge in [0, 0.05) is 58.4 Å². The number of rotatable bonds is 9. The van der Waals surface area contributed by atoms with Gasteiger partial charge in [0.25, 0.3) is 0 Å². The standard InChI is InChI=1S/C22H28N2O3S2.C6H9NO/c1-17(2)24-14-12-18(13-15-24)16-23-29(26,27)22-7-5-4-6-21(22)19-8-10-20(11-9-19)28(3)25;1-3-5(4-2)6(7)8/h4-11,18,23H,1,12-16H2,2-3H3;3-4H,1H2,2H3,(H2,7,8)/b;5-4+. The fourth-order valence-electron chi connectivity index (χ4n) is 3.95. The van der Waals surface area contributed by atoms with Crippen molar-refractivity contribution in [3.05, 3.63) is 85.1 Å². The first-order chi connectivity index (χ1) is 17.5. The molecule has 1 unspecified atom stereocenters. The Morgan fingerprint density at radius 3 is 2.22 bits per heavy atom. The van der Waals surface area contributed by atoms with Crippen molar-refractivity contribution >= 4 is 26.7 Å². The number of hydrogen-bond donors (Lipinski definition) is 2. The van der Waals surface area contributed by atoms with Crippen molar-refractivity contribution in [3.63, 3.8) is 0 Å². The zero-order valence-corrected chi connectivity index (χ0v) is 23.4. The number of likely N-dealkylation sites (tertiary alicyclic amines) is 1. The number of carbonyl (C=O) groups is 1. The zero-order chi connectivity index (χ0) is 27.6. The normalized spacial score (nSPS) is 15.3. The minimum atomic E-state index is -3.64. The van der Waals surface area contributed by atoms with Crippen LogP contribution in [0, 0.1) is 5.92 Å². The van der Waals surface area contributed by atoms with E-state index in [0.29, 0.717) is 28.5 Å². The van der Waals surface area contributed by atoms with Gasteiger partial charge in [-0.3, -0.25) is 9.00 Å². The highest BCUT2D eigenvalue weighted by Crippen LogP contribution is 2.28. The summed E-state index contributed by atoms with van der Waals surface area (Å²) in [6.07, 6.45) is 6.58. The number of benzene rings is 2. The molecule has 2 aromatic carbocycles. The molecule has 37 heavy (non-hydrogen) atoms. The summed E-state index contributed by atoms with van der Waals surface area (Å²) in [5, 5.41) is 0. The minimum absolute atomic E-state index is 0.268. The summed E-state index contributed by atoms with van der Waals surface area (Å²) >= 11 is 0. The number of amides is 1. The van der Waals surface area contributed by atoms with E-state index in [-0.39, 0.29) is 4.90 Å². The van der Waals surface area contributed by atoms with Crippen molar-refractivity contribution in [2.75, 3.05) is 25.9 Å². The number of carbonyl (C=O) groups excluding carboxylic acids is 1. The Bertz CT molecular complexity index is 1260. The maximum absolute atomic E-state index is 13.0. The first-order valence-electron chi connectivity index (χ1n) is 12.0. The van der Waals surface area contributed by atoms with Gasteiger partial charge in [0.1, 0.15) is 0 Å². The van der Waals surface area contributed by atoms with Crippen molar-refractivity contribution in [1.29, 1.82) is 0 Å². The lowest BCUT2D eigenvalue weighted by Gasteiger charge is -2.33. The first kappa shape index (κ1) is 30.2. The number of hydrogen-bond acceptors (Lipinski definition) is 5. The van der Waals surface area contributed by atoms with Crippen molar-refractivity contribution in [2.45, 2.75) is 36.5 Å². The molecule has 200 valence electrons. The molecule has 9 heteroatoms. The predicted molar refractivity (Wildman–Crippen MR) is 152 cm³/mol. The third-order valence-corrected chi connectivity index (χ3v) is 8.62. The van der Waals surface area contributed by atoms with Crippen LogP contribution in [0.3, 0.4) is 0 Å². The van der Waals surface area contributed by atoms with E-state index in [1.807, 2.05) is 25.1 Å². The van der Waals surface area contributed by atoms with Gasteiger partial charge in [0.05, 0.1) is 4.90 Å². The van der Waals surface area contributed by atoms with E-state index in [4.69, 9.17) is 5.73 Å². The van der Waals surface area contributed by atoms with Gasteiger partial charge in [-0.15, -0.1) is 0 Å². The lowest BCUT2D eigenvalue weighted by Crippen LogP contribution is -2.37. The van der Waals surface area contributed by atoms with Crippen LogP contribution < -0.4 is 10.5 Å². The quantitative estimate of drug-likeness (QED) is 0.364. The van der Waals surface area contributed by atoms with Crippen molar-refractivity contribution in [2.24, 2.45) is 11.7 Å². The van der Waals surface area contributed by atoms with Crippen molar-refractivity contribution < 1.29 is 17.4 Å². The fourth-order valence-corrected chi connectivity index (χ4v) is 5.81. The third-order valence-electron chi connectivity index (χ3n) is 6.21. The number of nitrogens with zero attached hydrogens (tertiary/aromatic N) is 1. The first-order valence-corrected chi connectivity index (χ1v) is 15.1. The van der Waals surface area contributed by atoms with Gasteiger partial charge < -0.3 is 10.6 Å². The average molecular weight is 544 g/mol. The van der Waals surface area contributed by atoms with Crippen LogP contribution in [0.15, 0.2) is 94.9 Å². The molecule has 1 amide bonds. The largest absolute Gasteiger partial charge is 0.376 e. The molecule has 3 rings (SSSR count). The number of nitrogens with two attached hydrogens (primary N) is 1. The summed E-state index contributed by atoms with van der Waals surface area (Å²) in [5.74, 6) is -0.103. The molecule has 1 atom stereocenters. The smallest absolute Gasteiger partial charge is 0.248 e. The monoisotopic (exact) mass is 543 g/mol. The summed E-state index contributed by atoms with van der Waals surface area (Å²) < 4.78 is 40.5. The average Bonchev–Trinajstić information content (AvgIpc) is 2.89. The summed E-state index contributed by atoms with van der Waals surface area (Å²) in [5.41, 5.74) is 7.84. The predicted octanol–water partition coefficient (Wildman–Crippen LogP) is 4.22. The summed E-state index contributed by atoms with van der Waals surface area (Å²) in [4.78, 5) is 13.5. The van der Waals surface area contributed by atoms with Crippen molar-refractivity contribution in [3.8, 4) is 11.1 Å². The molecule has 1 fully saturated rings. The molecule has 1 heterocycles. The summed E-state index contributed by atoms with van der Waals surface area (Å²) in [6.45, 7) is 13.4. The second-order valence-corrected chi connectivity index (χ2v) is 11.9. The number of allylic oxidation sites excluding steroid dienone is 2. The van der Waals surface area contributed by atoms with Gasteiger partial charge in [-0.25, -0.2) is 13.1 Å². The Kier molecular flexibility index (Phi) is 11.5. The van der Waals surface area contributed by atoms with E-state index in [9.17, 15) is 17.4 Å². The van der Waals surface area contributed by atoms with Gasteiger partial charge >= 0.3 is 0 Å². The van der Waals surface area contributed by atoms with E-state index >= 15 is 0 Å². The molecule has 0 saturated carbocycles. The summed E-state index contributed by atoms with van der Waals surface area (Å²) in [6, 6.07) is 14.2. The maximum Gasteiger partial charge on any atom is 0.248 e. The molecular weight excluding hydrogens is 506 g/mol. The SMILES string of the molecule is C=C(C)N1CCC(CNS(=O)(=O)c2ccccc2-c2ccc(S(C)=O)cc2)CC1.C=C/C(=C\C)C(N)=O. The van der Waals surface area contributed by atoms with Gasteiger partial charge in [-0.1, -0.05) is 55.6 Å². The van der Waals surface area contributed by atoms with Crippen LogP contribution in [0.1, 0.15) is 26.7 Å². The van der Waals surface area contributed by atoms with E-state index in [2.05, 4.69) is 22.8 Å². The second-order valence-electron chi connectivity index (χ2n) is 8.80. The van der Waals surface area contributed by atoms with Crippen LogP contribution in [0.25, 0.3) is 11.1 Å². The molecule has 3 N–H and O–H groups in total. The highest BCUT2D eigenvalue weighted by atomic mass is 32.2. The lowest BCUT2D eigenvalue weighted by atomic mass is 9.97. The molecular formula is C28H37N3O4S2. The van der Waals surface area contributed by atoms with Gasteiger partial charge in [0.2, 0.25) is 15.9 Å².